The highest BCUT2D eigenvalue weighted by Crippen LogP contribution is 2.31. The largest absolute Gasteiger partial charge is 0.442 e. The topological polar surface area (TPSA) is 109 Å². The maximum Gasteiger partial charge on any atom is 0.249 e. The number of rotatable bonds is 5. The molecule has 0 bridgehead atoms. The Kier molecular flexibility index (Phi) is 4.13. The average molecular weight is 360 g/mol. The van der Waals surface area contributed by atoms with Crippen molar-refractivity contribution in [3.05, 3.63) is 55.7 Å². The SMILES string of the molecule is C=CC(=O)Nc1coc(-c2cnc3[nH]cc(-c4ccnc(NC)c4)c3c2)n1. The minimum absolute atomic E-state index is 0.317. The van der Waals surface area contributed by atoms with Crippen LogP contribution in [-0.4, -0.2) is 32.9 Å². The third-order valence-electron chi connectivity index (χ3n) is 4.05. The van der Waals surface area contributed by atoms with Crippen LogP contribution < -0.4 is 10.6 Å². The van der Waals surface area contributed by atoms with Gasteiger partial charge in [-0.3, -0.25) is 4.79 Å². The highest BCUT2D eigenvalue weighted by molar-refractivity contribution is 5.98. The van der Waals surface area contributed by atoms with Gasteiger partial charge in [0.2, 0.25) is 11.8 Å². The number of hydrogen-bond donors (Lipinski definition) is 3. The Balaban J connectivity index is 1.74. The van der Waals surface area contributed by atoms with Crippen LogP contribution in [0.1, 0.15) is 0 Å². The van der Waals surface area contributed by atoms with E-state index in [0.29, 0.717) is 17.3 Å². The normalized spacial score (nSPS) is 10.7. The first-order chi connectivity index (χ1) is 13.2. The second-order valence-corrected chi connectivity index (χ2v) is 5.73. The number of carbonyl (C=O) groups excluding carboxylic acids is 1. The van der Waals surface area contributed by atoms with Gasteiger partial charge in [-0.15, -0.1) is 0 Å². The van der Waals surface area contributed by atoms with Crippen molar-refractivity contribution >= 4 is 28.6 Å². The minimum atomic E-state index is -0.352. The van der Waals surface area contributed by atoms with Crippen molar-refractivity contribution in [2.75, 3.05) is 17.7 Å². The molecule has 4 aromatic heterocycles. The number of nitrogens with one attached hydrogen (secondary N) is 3. The molecule has 27 heavy (non-hydrogen) atoms. The molecule has 0 aromatic carbocycles. The first-order valence-electron chi connectivity index (χ1n) is 8.18. The van der Waals surface area contributed by atoms with E-state index in [0.717, 1.165) is 28.0 Å². The Morgan fingerprint density at radius 2 is 2.15 bits per heavy atom. The number of aromatic amines is 1. The van der Waals surface area contributed by atoms with Crippen molar-refractivity contribution in [3.63, 3.8) is 0 Å². The van der Waals surface area contributed by atoms with Crippen molar-refractivity contribution in [2.45, 2.75) is 0 Å². The second kappa shape index (κ2) is 6.75. The lowest BCUT2D eigenvalue weighted by molar-refractivity contribution is -0.111. The summed E-state index contributed by atoms with van der Waals surface area (Å²) >= 11 is 0. The molecule has 4 rings (SSSR count). The van der Waals surface area contributed by atoms with E-state index in [4.69, 9.17) is 4.42 Å². The molecule has 1 amide bonds. The lowest BCUT2D eigenvalue weighted by Crippen LogP contribution is -2.07. The van der Waals surface area contributed by atoms with Crippen LogP contribution in [-0.2, 0) is 4.79 Å². The molecular weight excluding hydrogens is 344 g/mol. The van der Waals surface area contributed by atoms with Crippen LogP contribution in [0.2, 0.25) is 0 Å². The zero-order chi connectivity index (χ0) is 18.8. The zero-order valence-corrected chi connectivity index (χ0v) is 14.5. The van der Waals surface area contributed by atoms with E-state index >= 15 is 0 Å². The number of carbonyl (C=O) groups is 1. The van der Waals surface area contributed by atoms with Gasteiger partial charge >= 0.3 is 0 Å². The van der Waals surface area contributed by atoms with Gasteiger partial charge in [-0.25, -0.2) is 9.97 Å². The minimum Gasteiger partial charge on any atom is -0.442 e. The fourth-order valence-corrected chi connectivity index (χ4v) is 2.73. The quantitative estimate of drug-likeness (QED) is 0.470. The Labute approximate surface area is 154 Å². The van der Waals surface area contributed by atoms with Crippen molar-refractivity contribution in [1.82, 2.24) is 19.9 Å². The van der Waals surface area contributed by atoms with E-state index in [2.05, 4.69) is 37.1 Å². The van der Waals surface area contributed by atoms with Crippen LogP contribution in [0.4, 0.5) is 11.6 Å². The molecule has 0 aliphatic carbocycles. The highest BCUT2D eigenvalue weighted by Gasteiger charge is 2.13. The molecular formula is C19H16N6O2. The third-order valence-corrected chi connectivity index (χ3v) is 4.05. The van der Waals surface area contributed by atoms with E-state index in [1.54, 1.807) is 12.4 Å². The van der Waals surface area contributed by atoms with Gasteiger partial charge in [0.1, 0.15) is 17.7 Å². The molecule has 134 valence electrons. The van der Waals surface area contributed by atoms with Crippen molar-refractivity contribution in [3.8, 4) is 22.6 Å². The third kappa shape index (κ3) is 3.15. The molecule has 0 aliphatic heterocycles. The van der Waals surface area contributed by atoms with Gasteiger partial charge in [-0.1, -0.05) is 6.58 Å². The molecule has 0 spiro atoms. The van der Waals surface area contributed by atoms with E-state index < -0.39 is 0 Å². The van der Waals surface area contributed by atoms with Gasteiger partial charge in [0.15, 0.2) is 5.82 Å². The second-order valence-electron chi connectivity index (χ2n) is 5.73. The summed E-state index contributed by atoms with van der Waals surface area (Å²) in [4.78, 5) is 27.5. The summed E-state index contributed by atoms with van der Waals surface area (Å²) in [5.74, 6) is 1.11. The van der Waals surface area contributed by atoms with E-state index in [-0.39, 0.29) is 5.91 Å². The molecule has 4 heterocycles. The lowest BCUT2D eigenvalue weighted by Gasteiger charge is -2.03. The van der Waals surface area contributed by atoms with Gasteiger partial charge in [0, 0.05) is 36.6 Å². The van der Waals surface area contributed by atoms with E-state index in [9.17, 15) is 4.79 Å². The van der Waals surface area contributed by atoms with Gasteiger partial charge in [0.25, 0.3) is 0 Å². The summed E-state index contributed by atoms with van der Waals surface area (Å²) in [6.07, 6.45) is 7.86. The number of H-pyrrole nitrogens is 1. The Morgan fingerprint density at radius 1 is 1.26 bits per heavy atom. The number of pyridine rings is 2. The maximum atomic E-state index is 11.4. The number of aromatic nitrogens is 4. The molecule has 3 N–H and O–H groups in total. The van der Waals surface area contributed by atoms with Crippen LogP contribution in [0, 0.1) is 0 Å². The van der Waals surface area contributed by atoms with Crippen molar-refractivity contribution in [1.29, 1.82) is 0 Å². The molecule has 0 unspecified atom stereocenters. The van der Waals surface area contributed by atoms with Gasteiger partial charge in [-0.05, 0) is 29.8 Å². The van der Waals surface area contributed by atoms with Crippen LogP contribution in [0.5, 0.6) is 0 Å². The number of anilines is 2. The predicted molar refractivity (Wildman–Crippen MR) is 103 cm³/mol. The summed E-state index contributed by atoms with van der Waals surface area (Å²) in [5.41, 5.74) is 3.45. The lowest BCUT2D eigenvalue weighted by atomic mass is 10.1. The molecule has 0 aliphatic rings. The molecule has 0 radical (unpaired) electrons. The summed E-state index contributed by atoms with van der Waals surface area (Å²) in [6, 6.07) is 5.84. The van der Waals surface area contributed by atoms with E-state index in [1.807, 2.05) is 31.4 Å². The smallest absolute Gasteiger partial charge is 0.249 e. The molecule has 8 nitrogen and oxygen atoms in total. The summed E-state index contributed by atoms with van der Waals surface area (Å²) in [6.45, 7) is 3.41. The Bertz CT molecular complexity index is 1140. The zero-order valence-electron chi connectivity index (χ0n) is 14.5. The van der Waals surface area contributed by atoms with Crippen LogP contribution in [0.3, 0.4) is 0 Å². The summed E-state index contributed by atoms with van der Waals surface area (Å²) in [5, 5.41) is 6.52. The predicted octanol–water partition coefficient (Wildman–Crippen LogP) is 3.45. The first kappa shape index (κ1) is 16.5. The monoisotopic (exact) mass is 360 g/mol. The fraction of sp³-hybridized carbons (Fsp3) is 0.0526. The number of fused-ring (bicyclic) bond motifs is 1. The Morgan fingerprint density at radius 3 is 2.96 bits per heavy atom. The number of nitrogens with zero attached hydrogens (tertiary/aromatic N) is 3. The van der Waals surface area contributed by atoms with Crippen LogP contribution >= 0.6 is 0 Å². The first-order valence-corrected chi connectivity index (χ1v) is 8.18. The molecule has 4 aromatic rings. The van der Waals surface area contributed by atoms with Crippen molar-refractivity contribution in [2.24, 2.45) is 0 Å². The molecule has 0 saturated heterocycles. The van der Waals surface area contributed by atoms with Crippen molar-refractivity contribution < 1.29 is 9.21 Å². The van der Waals surface area contributed by atoms with Gasteiger partial charge in [-0.2, -0.15) is 4.98 Å². The summed E-state index contributed by atoms with van der Waals surface area (Å²) < 4.78 is 5.47. The number of oxazole rings is 1. The highest BCUT2D eigenvalue weighted by atomic mass is 16.3. The molecule has 0 fully saturated rings. The average Bonchev–Trinajstić information content (AvgIpc) is 3.34. The maximum absolute atomic E-state index is 11.4. The number of amides is 1. The van der Waals surface area contributed by atoms with Gasteiger partial charge < -0.3 is 20.0 Å². The van der Waals surface area contributed by atoms with Crippen LogP contribution in [0.15, 0.2) is 60.1 Å². The van der Waals surface area contributed by atoms with E-state index in [1.165, 1.54) is 12.3 Å². The molecule has 8 heteroatoms. The summed E-state index contributed by atoms with van der Waals surface area (Å²) in [7, 11) is 1.83. The van der Waals surface area contributed by atoms with Crippen LogP contribution in [0.25, 0.3) is 33.6 Å². The fourth-order valence-electron chi connectivity index (χ4n) is 2.73. The van der Waals surface area contributed by atoms with Gasteiger partial charge in [0.05, 0.1) is 5.56 Å². The Hall–Kier alpha value is -3.94. The molecule has 0 atom stereocenters. The standard InChI is InChI=1S/C19H16N6O2/c1-3-17(26)24-16-10-27-19(25-16)12-6-13-14(9-23-18(13)22-8-12)11-4-5-21-15(7-11)20-2/h3-10H,1H2,2H3,(H,20,21)(H,22,23)(H,24,26). The number of hydrogen-bond acceptors (Lipinski definition) is 6. The molecule has 0 saturated carbocycles.